The molecule has 9 heteroatoms. The highest BCUT2D eigenvalue weighted by Gasteiger charge is 2.62. The third-order valence-corrected chi connectivity index (χ3v) is 6.86. The molecule has 4 amide bonds. The van der Waals surface area contributed by atoms with Crippen molar-refractivity contribution in [3.8, 4) is 0 Å². The SMILES string of the molecule is Cc1cccn2c(=O)c3c(nc12)N1CCc2ccccc2[C@@H]1C1(C3)C(=O)NC(=O)NC1=O. The summed E-state index contributed by atoms with van der Waals surface area (Å²) in [4.78, 5) is 58.8. The molecule has 0 radical (unpaired) electrons. The number of carbonyl (C=O) groups is 3. The maximum Gasteiger partial charge on any atom is 0.328 e. The van der Waals surface area contributed by atoms with Crippen LogP contribution < -0.4 is 21.1 Å². The van der Waals surface area contributed by atoms with Crippen LogP contribution in [0.25, 0.3) is 5.65 Å². The molecule has 3 aliphatic heterocycles. The first-order chi connectivity index (χ1) is 15.4. The van der Waals surface area contributed by atoms with E-state index in [0.717, 1.165) is 16.7 Å². The number of amides is 4. The van der Waals surface area contributed by atoms with E-state index >= 15 is 0 Å². The summed E-state index contributed by atoms with van der Waals surface area (Å²) in [6.45, 7) is 2.37. The molecular weight excluding hydrogens is 410 g/mol. The zero-order valence-corrected chi connectivity index (χ0v) is 17.2. The van der Waals surface area contributed by atoms with Crippen molar-refractivity contribution in [1.29, 1.82) is 0 Å². The average molecular weight is 429 g/mol. The predicted octanol–water partition coefficient (Wildman–Crippen LogP) is 1.02. The van der Waals surface area contributed by atoms with Crippen LogP contribution in [0.3, 0.4) is 0 Å². The number of imide groups is 2. The number of nitrogens with zero attached hydrogens (tertiary/aromatic N) is 3. The van der Waals surface area contributed by atoms with Crippen LogP contribution in [0.1, 0.15) is 28.3 Å². The zero-order valence-electron chi connectivity index (χ0n) is 17.2. The van der Waals surface area contributed by atoms with Gasteiger partial charge in [-0.05, 0) is 36.1 Å². The topological polar surface area (TPSA) is 113 Å². The van der Waals surface area contributed by atoms with E-state index in [1.807, 2.05) is 42.2 Å². The molecule has 160 valence electrons. The Morgan fingerprint density at radius 2 is 1.78 bits per heavy atom. The molecule has 32 heavy (non-hydrogen) atoms. The Morgan fingerprint density at radius 1 is 1.03 bits per heavy atom. The molecule has 0 saturated carbocycles. The number of aryl methyl sites for hydroxylation is 1. The Hall–Kier alpha value is -4.01. The number of nitrogens with one attached hydrogen (secondary N) is 2. The molecule has 5 heterocycles. The Morgan fingerprint density at radius 3 is 2.56 bits per heavy atom. The smallest absolute Gasteiger partial charge is 0.328 e. The zero-order chi connectivity index (χ0) is 22.2. The summed E-state index contributed by atoms with van der Waals surface area (Å²) in [5, 5.41) is 4.53. The van der Waals surface area contributed by atoms with Crippen molar-refractivity contribution >= 4 is 29.3 Å². The van der Waals surface area contributed by atoms with Gasteiger partial charge in [-0.2, -0.15) is 0 Å². The third kappa shape index (κ3) is 2.25. The summed E-state index contributed by atoms with van der Waals surface area (Å²) < 4.78 is 1.45. The molecule has 1 spiro atoms. The molecule has 6 rings (SSSR count). The standard InChI is InChI=1S/C23H19N5O4/c1-12-5-4-9-28-17(12)24-18-15(19(28)29)11-23(20(30)25-22(32)26-21(23)31)16-14-7-3-2-6-13(14)8-10-27(16)18/h2-7,9,16H,8,10-11H2,1H3,(H2,25,26,30,31,32)/t16-/m1/s1. The lowest BCUT2D eigenvalue weighted by atomic mass is 9.65. The quantitative estimate of drug-likeness (QED) is 0.516. The van der Waals surface area contributed by atoms with Gasteiger partial charge >= 0.3 is 6.03 Å². The van der Waals surface area contributed by atoms with Crippen molar-refractivity contribution < 1.29 is 14.4 Å². The van der Waals surface area contributed by atoms with E-state index < -0.39 is 29.3 Å². The summed E-state index contributed by atoms with van der Waals surface area (Å²) >= 11 is 0. The van der Waals surface area contributed by atoms with Gasteiger partial charge in [-0.3, -0.25) is 29.4 Å². The number of aromatic nitrogens is 2. The summed E-state index contributed by atoms with van der Waals surface area (Å²) in [7, 11) is 0. The second-order valence-corrected chi connectivity index (χ2v) is 8.53. The second-order valence-electron chi connectivity index (χ2n) is 8.53. The maximum absolute atomic E-state index is 13.5. The highest BCUT2D eigenvalue weighted by Crippen LogP contribution is 2.51. The fourth-order valence-corrected chi connectivity index (χ4v) is 5.39. The van der Waals surface area contributed by atoms with E-state index in [1.54, 1.807) is 12.3 Å². The summed E-state index contributed by atoms with van der Waals surface area (Å²) in [5.74, 6) is -0.901. The first-order valence-corrected chi connectivity index (χ1v) is 10.4. The third-order valence-electron chi connectivity index (χ3n) is 6.86. The number of hydrogen-bond donors (Lipinski definition) is 2. The van der Waals surface area contributed by atoms with Gasteiger partial charge in [0.2, 0.25) is 11.8 Å². The second kappa shape index (κ2) is 6.25. The van der Waals surface area contributed by atoms with E-state index in [4.69, 9.17) is 4.98 Å². The molecule has 2 aromatic heterocycles. The molecule has 2 N–H and O–H groups in total. The van der Waals surface area contributed by atoms with Crippen LogP contribution in [-0.4, -0.2) is 33.8 Å². The average Bonchev–Trinajstić information content (AvgIpc) is 2.78. The van der Waals surface area contributed by atoms with Gasteiger partial charge in [-0.1, -0.05) is 30.3 Å². The molecule has 1 atom stereocenters. The predicted molar refractivity (Wildman–Crippen MR) is 114 cm³/mol. The van der Waals surface area contributed by atoms with Gasteiger partial charge in [-0.15, -0.1) is 0 Å². The molecular formula is C23H19N5O4. The number of anilines is 1. The minimum absolute atomic E-state index is 0.147. The summed E-state index contributed by atoms with van der Waals surface area (Å²) in [5.41, 5.74) is 1.55. The molecule has 3 aromatic rings. The molecule has 1 aromatic carbocycles. The molecule has 1 saturated heterocycles. The lowest BCUT2D eigenvalue weighted by Crippen LogP contribution is -2.69. The number of pyridine rings is 1. The number of urea groups is 1. The first kappa shape index (κ1) is 18.7. The summed E-state index contributed by atoms with van der Waals surface area (Å²) in [6, 6.07) is 9.76. The first-order valence-electron chi connectivity index (χ1n) is 10.4. The van der Waals surface area contributed by atoms with Crippen LogP contribution in [0.4, 0.5) is 10.6 Å². The Balaban J connectivity index is 1.69. The minimum Gasteiger partial charge on any atom is -0.347 e. The Kier molecular flexibility index (Phi) is 3.66. The minimum atomic E-state index is -1.67. The fourth-order valence-electron chi connectivity index (χ4n) is 5.39. The van der Waals surface area contributed by atoms with E-state index in [0.29, 0.717) is 30.0 Å². The highest BCUT2D eigenvalue weighted by atomic mass is 16.2. The molecule has 1 fully saturated rings. The van der Waals surface area contributed by atoms with Crippen molar-refractivity contribution in [2.75, 3.05) is 11.4 Å². The number of benzene rings is 1. The van der Waals surface area contributed by atoms with Gasteiger partial charge < -0.3 is 4.90 Å². The van der Waals surface area contributed by atoms with Crippen LogP contribution in [0.2, 0.25) is 0 Å². The van der Waals surface area contributed by atoms with Crippen LogP contribution in [0.5, 0.6) is 0 Å². The van der Waals surface area contributed by atoms with Crippen LogP contribution >= 0.6 is 0 Å². The molecule has 0 aliphatic carbocycles. The molecule has 0 unspecified atom stereocenters. The van der Waals surface area contributed by atoms with E-state index in [2.05, 4.69) is 10.6 Å². The van der Waals surface area contributed by atoms with Crippen molar-refractivity contribution in [2.45, 2.75) is 25.8 Å². The van der Waals surface area contributed by atoms with Gasteiger partial charge in [0.15, 0.2) is 5.41 Å². The van der Waals surface area contributed by atoms with Gasteiger partial charge in [-0.25, -0.2) is 9.78 Å². The van der Waals surface area contributed by atoms with Crippen molar-refractivity contribution in [2.24, 2.45) is 5.41 Å². The van der Waals surface area contributed by atoms with Gasteiger partial charge in [0.25, 0.3) is 5.56 Å². The van der Waals surface area contributed by atoms with Gasteiger partial charge in [0.05, 0.1) is 11.6 Å². The van der Waals surface area contributed by atoms with Crippen molar-refractivity contribution in [1.82, 2.24) is 20.0 Å². The largest absolute Gasteiger partial charge is 0.347 e. The van der Waals surface area contributed by atoms with Crippen LogP contribution in [0.15, 0.2) is 47.4 Å². The summed E-state index contributed by atoms with van der Waals surface area (Å²) in [6.07, 6.45) is 2.16. The van der Waals surface area contributed by atoms with Crippen molar-refractivity contribution in [3.63, 3.8) is 0 Å². The lowest BCUT2D eigenvalue weighted by molar-refractivity contribution is -0.146. The number of rotatable bonds is 0. The van der Waals surface area contributed by atoms with E-state index in [1.165, 1.54) is 4.40 Å². The molecule has 0 bridgehead atoms. The monoisotopic (exact) mass is 429 g/mol. The van der Waals surface area contributed by atoms with Crippen LogP contribution in [-0.2, 0) is 22.4 Å². The lowest BCUT2D eigenvalue weighted by Gasteiger charge is -2.51. The highest BCUT2D eigenvalue weighted by molar-refractivity contribution is 6.20. The normalized spacial score (nSPS) is 21.0. The number of barbiturate groups is 1. The molecule has 9 nitrogen and oxygen atoms in total. The maximum atomic E-state index is 13.5. The Labute approximate surface area is 182 Å². The van der Waals surface area contributed by atoms with Crippen LogP contribution in [0, 0.1) is 12.3 Å². The number of carbonyl (C=O) groups excluding carboxylic acids is 3. The van der Waals surface area contributed by atoms with Crippen molar-refractivity contribution in [3.05, 3.63) is 75.2 Å². The van der Waals surface area contributed by atoms with E-state index in [-0.39, 0.29) is 12.0 Å². The number of fused-ring (bicyclic) bond motifs is 7. The Bertz CT molecular complexity index is 1410. The van der Waals surface area contributed by atoms with Gasteiger partial charge in [0.1, 0.15) is 11.5 Å². The molecule has 3 aliphatic rings. The van der Waals surface area contributed by atoms with E-state index in [9.17, 15) is 19.2 Å². The fraction of sp³-hybridized carbons (Fsp3) is 0.261. The van der Waals surface area contributed by atoms with Gasteiger partial charge in [0, 0.05) is 19.2 Å². The number of hydrogen-bond acceptors (Lipinski definition) is 6.